The normalized spacial score (nSPS) is 17.5. The number of Topliss-reactive ketones (excluding diaryl/α,β-unsaturated/α-hetero) is 1. The molecule has 2 aromatic rings. The van der Waals surface area contributed by atoms with Crippen molar-refractivity contribution in [1.29, 1.82) is 5.41 Å². The van der Waals surface area contributed by atoms with Crippen LogP contribution in [-0.2, 0) is 16.9 Å². The van der Waals surface area contributed by atoms with Gasteiger partial charge in [-0.1, -0.05) is 0 Å². The van der Waals surface area contributed by atoms with E-state index in [2.05, 4.69) is 9.55 Å². The molecule has 0 saturated carbocycles. The molecule has 6 heteroatoms. The van der Waals surface area contributed by atoms with Gasteiger partial charge in [-0.3, -0.25) is 9.78 Å². The number of aromatic nitrogens is 2. The number of ether oxygens (including phenoxy) is 2. The SMILES string of the molecule is CCn1c(C(=O)CC=N)cc2c1-c1ccncc1OC21CCOCC1. The molecule has 2 aliphatic heterocycles. The third kappa shape index (κ3) is 2.40. The van der Waals surface area contributed by atoms with Crippen molar-refractivity contribution in [2.75, 3.05) is 13.2 Å². The van der Waals surface area contributed by atoms with E-state index in [1.165, 1.54) is 0 Å². The van der Waals surface area contributed by atoms with E-state index in [1.54, 1.807) is 12.4 Å². The monoisotopic (exact) mass is 339 g/mol. The van der Waals surface area contributed by atoms with E-state index in [0.29, 0.717) is 25.5 Å². The summed E-state index contributed by atoms with van der Waals surface area (Å²) in [5.41, 5.74) is 3.25. The first kappa shape index (κ1) is 16.0. The van der Waals surface area contributed by atoms with Gasteiger partial charge in [0.15, 0.2) is 5.78 Å². The highest BCUT2D eigenvalue weighted by Crippen LogP contribution is 2.50. The van der Waals surface area contributed by atoms with E-state index in [9.17, 15) is 4.79 Å². The molecule has 6 nitrogen and oxygen atoms in total. The Kier molecular flexibility index (Phi) is 3.92. The molecule has 1 saturated heterocycles. The quantitative estimate of drug-likeness (QED) is 0.685. The lowest BCUT2D eigenvalue weighted by Crippen LogP contribution is -2.41. The molecule has 4 heterocycles. The molecule has 0 aromatic carbocycles. The number of rotatable bonds is 4. The van der Waals surface area contributed by atoms with Gasteiger partial charge in [-0.2, -0.15) is 0 Å². The summed E-state index contributed by atoms with van der Waals surface area (Å²) < 4.78 is 14.0. The van der Waals surface area contributed by atoms with Crippen LogP contribution in [0.1, 0.15) is 42.2 Å². The Bertz CT molecular complexity index is 834. The second-order valence-corrected chi connectivity index (χ2v) is 6.45. The van der Waals surface area contributed by atoms with Crippen molar-refractivity contribution in [1.82, 2.24) is 9.55 Å². The van der Waals surface area contributed by atoms with Crippen molar-refractivity contribution in [3.8, 4) is 17.0 Å². The molecule has 1 N–H and O–H groups in total. The smallest absolute Gasteiger partial charge is 0.184 e. The highest BCUT2D eigenvalue weighted by Gasteiger charge is 2.45. The maximum atomic E-state index is 12.6. The van der Waals surface area contributed by atoms with Crippen molar-refractivity contribution in [3.05, 3.63) is 35.8 Å². The van der Waals surface area contributed by atoms with Gasteiger partial charge in [0.25, 0.3) is 0 Å². The van der Waals surface area contributed by atoms with Gasteiger partial charge in [0.1, 0.15) is 11.4 Å². The van der Waals surface area contributed by atoms with Crippen LogP contribution in [0.25, 0.3) is 11.3 Å². The summed E-state index contributed by atoms with van der Waals surface area (Å²) in [5.74, 6) is 0.722. The highest BCUT2D eigenvalue weighted by molar-refractivity contribution is 6.03. The molecule has 0 atom stereocenters. The molecule has 0 aliphatic carbocycles. The fourth-order valence-corrected chi connectivity index (χ4v) is 3.94. The predicted molar refractivity (Wildman–Crippen MR) is 93.4 cm³/mol. The second kappa shape index (κ2) is 6.11. The van der Waals surface area contributed by atoms with Gasteiger partial charge in [-0.05, 0) is 19.1 Å². The molecule has 2 aromatic heterocycles. The van der Waals surface area contributed by atoms with Crippen LogP contribution >= 0.6 is 0 Å². The van der Waals surface area contributed by atoms with E-state index in [4.69, 9.17) is 14.9 Å². The maximum Gasteiger partial charge on any atom is 0.184 e. The first-order valence-electron chi connectivity index (χ1n) is 8.67. The largest absolute Gasteiger partial charge is 0.480 e. The lowest BCUT2D eigenvalue weighted by Gasteiger charge is -2.41. The molecule has 1 fully saturated rings. The van der Waals surface area contributed by atoms with Crippen LogP contribution < -0.4 is 4.74 Å². The number of carbonyl (C=O) groups excluding carboxylic acids is 1. The third-order valence-electron chi connectivity index (χ3n) is 5.12. The Hall–Kier alpha value is -2.47. The number of nitrogens with one attached hydrogen (secondary N) is 1. The van der Waals surface area contributed by atoms with Gasteiger partial charge < -0.3 is 19.5 Å². The van der Waals surface area contributed by atoms with Gasteiger partial charge in [0.2, 0.25) is 0 Å². The van der Waals surface area contributed by atoms with Crippen molar-refractivity contribution in [2.45, 2.75) is 38.3 Å². The summed E-state index contributed by atoms with van der Waals surface area (Å²) in [7, 11) is 0. The van der Waals surface area contributed by atoms with Crippen LogP contribution in [0.3, 0.4) is 0 Å². The minimum Gasteiger partial charge on any atom is -0.480 e. The van der Waals surface area contributed by atoms with Crippen LogP contribution in [0.4, 0.5) is 0 Å². The molecule has 0 amide bonds. The van der Waals surface area contributed by atoms with E-state index >= 15 is 0 Å². The van der Waals surface area contributed by atoms with Gasteiger partial charge in [0.05, 0.1) is 30.8 Å². The van der Waals surface area contributed by atoms with Crippen LogP contribution in [-0.4, -0.2) is 34.8 Å². The summed E-state index contributed by atoms with van der Waals surface area (Å²) >= 11 is 0. The highest BCUT2D eigenvalue weighted by atomic mass is 16.5. The number of fused-ring (bicyclic) bond motifs is 4. The molecule has 2 aliphatic rings. The fourth-order valence-electron chi connectivity index (χ4n) is 3.94. The molecule has 0 radical (unpaired) electrons. The maximum absolute atomic E-state index is 12.6. The van der Waals surface area contributed by atoms with E-state index in [0.717, 1.165) is 41.6 Å². The van der Waals surface area contributed by atoms with E-state index in [1.807, 2.05) is 19.1 Å². The molecule has 25 heavy (non-hydrogen) atoms. The topological polar surface area (TPSA) is 77.2 Å². The van der Waals surface area contributed by atoms with Crippen LogP contribution in [0, 0.1) is 5.41 Å². The molecule has 1 spiro atoms. The predicted octanol–water partition coefficient (Wildman–Crippen LogP) is 3.19. The van der Waals surface area contributed by atoms with Gasteiger partial charge >= 0.3 is 0 Å². The van der Waals surface area contributed by atoms with E-state index in [-0.39, 0.29) is 12.2 Å². The van der Waals surface area contributed by atoms with E-state index < -0.39 is 5.60 Å². The van der Waals surface area contributed by atoms with Crippen LogP contribution in [0.2, 0.25) is 0 Å². The lowest BCUT2D eigenvalue weighted by atomic mass is 9.82. The zero-order chi connectivity index (χ0) is 17.4. The Morgan fingerprint density at radius 3 is 2.96 bits per heavy atom. The summed E-state index contributed by atoms with van der Waals surface area (Å²) in [5, 5.41) is 7.27. The number of carbonyl (C=O) groups is 1. The Balaban J connectivity index is 1.97. The molecular formula is C19H21N3O3. The minimum absolute atomic E-state index is 0.0379. The second-order valence-electron chi connectivity index (χ2n) is 6.45. The molecule has 4 rings (SSSR count). The lowest BCUT2D eigenvalue weighted by molar-refractivity contribution is -0.0516. The Morgan fingerprint density at radius 2 is 2.24 bits per heavy atom. The molecule has 0 bridgehead atoms. The number of ketones is 1. The summed E-state index contributed by atoms with van der Waals surface area (Å²) in [6, 6.07) is 3.91. The summed E-state index contributed by atoms with van der Waals surface area (Å²) in [6.07, 6.45) is 6.28. The number of hydrogen-bond acceptors (Lipinski definition) is 5. The fraction of sp³-hybridized carbons (Fsp3) is 0.421. The van der Waals surface area contributed by atoms with Crippen LogP contribution in [0.15, 0.2) is 24.5 Å². The average molecular weight is 339 g/mol. The zero-order valence-electron chi connectivity index (χ0n) is 14.2. The number of hydrogen-bond donors (Lipinski definition) is 1. The molecular weight excluding hydrogens is 318 g/mol. The Morgan fingerprint density at radius 1 is 1.44 bits per heavy atom. The van der Waals surface area contributed by atoms with Crippen molar-refractivity contribution < 1.29 is 14.3 Å². The molecule has 130 valence electrons. The summed E-state index contributed by atoms with van der Waals surface area (Å²) in [4.78, 5) is 16.8. The van der Waals surface area contributed by atoms with Crippen molar-refractivity contribution >= 4 is 12.0 Å². The van der Waals surface area contributed by atoms with Crippen molar-refractivity contribution in [3.63, 3.8) is 0 Å². The minimum atomic E-state index is -0.469. The number of pyridine rings is 1. The number of nitrogens with zero attached hydrogens (tertiary/aromatic N) is 2. The standard InChI is InChI=1S/C19H21N3O3/c1-2-22-15(16(23)3-7-20)11-14-18(22)13-4-8-21-12-17(13)25-19(14)5-9-24-10-6-19/h4,7-8,11-12,20H,2-3,5-6,9-10H2,1H3. The van der Waals surface area contributed by atoms with Gasteiger partial charge in [0, 0.05) is 49.3 Å². The zero-order valence-corrected chi connectivity index (χ0v) is 14.2. The average Bonchev–Trinajstić information content (AvgIpc) is 3.04. The van der Waals surface area contributed by atoms with Gasteiger partial charge in [-0.15, -0.1) is 0 Å². The van der Waals surface area contributed by atoms with Gasteiger partial charge in [-0.25, -0.2) is 0 Å². The summed E-state index contributed by atoms with van der Waals surface area (Å²) in [6.45, 7) is 3.99. The van der Waals surface area contributed by atoms with Crippen molar-refractivity contribution in [2.24, 2.45) is 0 Å². The molecule has 0 unspecified atom stereocenters. The Labute approximate surface area is 146 Å². The first-order valence-corrected chi connectivity index (χ1v) is 8.67. The third-order valence-corrected chi connectivity index (χ3v) is 5.12. The first-order chi connectivity index (χ1) is 12.2. The van der Waals surface area contributed by atoms with Crippen LogP contribution in [0.5, 0.6) is 5.75 Å².